The van der Waals surface area contributed by atoms with Crippen LogP contribution in [0.15, 0.2) is 48.5 Å². The number of imidazole rings is 2. The van der Waals surface area contributed by atoms with Crippen molar-refractivity contribution < 1.29 is 0 Å². The van der Waals surface area contributed by atoms with E-state index in [0.717, 1.165) is 53.7 Å². The van der Waals surface area contributed by atoms with Gasteiger partial charge in [-0.1, -0.05) is 30.7 Å². The molecule has 2 aromatic heterocycles. The Balaban J connectivity index is 0.000000157. The molecule has 4 aromatic rings. The summed E-state index contributed by atoms with van der Waals surface area (Å²) in [5.41, 5.74) is 9.53. The fourth-order valence-corrected chi connectivity index (χ4v) is 2.85. The van der Waals surface area contributed by atoms with Crippen LogP contribution >= 0.6 is 11.6 Å². The number of unbranched alkanes of at least 4 members (excludes halogenated alkanes) is 2. The van der Waals surface area contributed by atoms with Crippen molar-refractivity contribution >= 4 is 33.7 Å². The maximum absolute atomic E-state index is 5.62. The Morgan fingerprint density at radius 1 is 0.800 bits per heavy atom. The molecule has 0 unspecified atom stereocenters. The molecule has 2 aromatic carbocycles. The number of para-hydroxylation sites is 4. The number of H-pyrrole nitrogens is 2. The second kappa shape index (κ2) is 8.65. The highest BCUT2D eigenvalue weighted by Gasteiger charge is 2.00. The Hall–Kier alpha value is -2.37. The van der Waals surface area contributed by atoms with E-state index in [9.17, 15) is 0 Å². The minimum absolute atomic E-state index is 0.446. The first kappa shape index (κ1) is 17.5. The van der Waals surface area contributed by atoms with E-state index in [0.29, 0.717) is 5.28 Å². The standard InChI is InChI=1S/C12H17N3.C7H5ClN2/c13-9-5-1-2-8-12-14-10-6-3-4-7-11(10)15-12;8-7-9-5-3-1-2-4-6(5)10-7/h3-4,6-7H,1-2,5,8-9,13H2,(H,14,15);1-4H,(H,9,10). The van der Waals surface area contributed by atoms with Gasteiger partial charge in [0.15, 0.2) is 0 Å². The number of aryl methyl sites for hydroxylation is 1. The molecule has 0 saturated carbocycles. The van der Waals surface area contributed by atoms with Gasteiger partial charge in [0, 0.05) is 6.42 Å². The van der Waals surface area contributed by atoms with E-state index in [1.54, 1.807) is 0 Å². The molecule has 0 spiro atoms. The van der Waals surface area contributed by atoms with Gasteiger partial charge in [0.2, 0.25) is 5.28 Å². The van der Waals surface area contributed by atoms with Crippen LogP contribution in [0.3, 0.4) is 0 Å². The normalized spacial score (nSPS) is 10.8. The van der Waals surface area contributed by atoms with Crippen LogP contribution < -0.4 is 5.73 Å². The first-order valence-electron chi connectivity index (χ1n) is 8.50. The van der Waals surface area contributed by atoms with E-state index in [1.807, 2.05) is 42.5 Å². The van der Waals surface area contributed by atoms with Crippen LogP contribution in [0.5, 0.6) is 0 Å². The second-order valence-corrected chi connectivity index (χ2v) is 6.20. The number of hydrogen-bond donors (Lipinski definition) is 3. The van der Waals surface area contributed by atoms with Crippen LogP contribution in [0.4, 0.5) is 0 Å². The van der Waals surface area contributed by atoms with E-state index in [-0.39, 0.29) is 0 Å². The number of aromatic amines is 2. The van der Waals surface area contributed by atoms with Crippen molar-refractivity contribution in [1.82, 2.24) is 19.9 Å². The van der Waals surface area contributed by atoms with Gasteiger partial charge in [-0.25, -0.2) is 9.97 Å². The lowest BCUT2D eigenvalue weighted by Crippen LogP contribution is -1.98. The van der Waals surface area contributed by atoms with Crippen molar-refractivity contribution in [1.29, 1.82) is 0 Å². The molecule has 0 saturated heterocycles. The Labute approximate surface area is 151 Å². The van der Waals surface area contributed by atoms with Gasteiger partial charge in [0.1, 0.15) is 5.82 Å². The van der Waals surface area contributed by atoms with Crippen molar-refractivity contribution in [3.63, 3.8) is 0 Å². The Bertz CT molecular complexity index is 862. The van der Waals surface area contributed by atoms with E-state index >= 15 is 0 Å². The number of halogens is 1. The highest BCUT2D eigenvalue weighted by atomic mass is 35.5. The third-order valence-electron chi connectivity index (χ3n) is 3.92. The number of hydrogen-bond acceptors (Lipinski definition) is 3. The summed E-state index contributed by atoms with van der Waals surface area (Å²) in [5.74, 6) is 1.09. The highest BCUT2D eigenvalue weighted by molar-refractivity contribution is 6.29. The number of fused-ring (bicyclic) bond motifs is 2. The van der Waals surface area contributed by atoms with Crippen molar-refractivity contribution in [2.24, 2.45) is 5.73 Å². The smallest absolute Gasteiger partial charge is 0.201 e. The second-order valence-electron chi connectivity index (χ2n) is 5.84. The molecule has 25 heavy (non-hydrogen) atoms. The van der Waals surface area contributed by atoms with Crippen molar-refractivity contribution in [3.8, 4) is 0 Å². The third kappa shape index (κ3) is 4.81. The number of benzene rings is 2. The minimum Gasteiger partial charge on any atom is -0.342 e. The topological polar surface area (TPSA) is 83.4 Å². The molecule has 0 atom stereocenters. The molecule has 0 aliphatic heterocycles. The average molecular weight is 356 g/mol. The molecule has 0 amide bonds. The zero-order chi connectivity index (χ0) is 17.5. The Morgan fingerprint density at radius 3 is 2.08 bits per heavy atom. The monoisotopic (exact) mass is 355 g/mol. The lowest BCUT2D eigenvalue weighted by atomic mass is 10.2. The molecular weight excluding hydrogens is 334 g/mol. The maximum atomic E-state index is 5.62. The summed E-state index contributed by atoms with van der Waals surface area (Å²) in [7, 11) is 0. The summed E-state index contributed by atoms with van der Waals surface area (Å²) >= 11 is 5.62. The molecule has 0 bridgehead atoms. The maximum Gasteiger partial charge on any atom is 0.201 e. The van der Waals surface area contributed by atoms with Crippen LogP contribution in [0.25, 0.3) is 22.1 Å². The number of nitrogens with zero attached hydrogens (tertiary/aromatic N) is 2. The van der Waals surface area contributed by atoms with Gasteiger partial charge in [-0.05, 0) is 55.3 Å². The van der Waals surface area contributed by atoms with E-state index in [1.165, 1.54) is 6.42 Å². The summed E-state index contributed by atoms with van der Waals surface area (Å²) in [5, 5.41) is 0.446. The third-order valence-corrected chi connectivity index (χ3v) is 4.10. The van der Waals surface area contributed by atoms with Gasteiger partial charge in [-0.15, -0.1) is 0 Å². The summed E-state index contributed by atoms with van der Waals surface area (Å²) < 4.78 is 0. The number of rotatable bonds is 5. The summed E-state index contributed by atoms with van der Waals surface area (Å²) in [6.07, 6.45) is 4.49. The first-order chi connectivity index (χ1) is 12.3. The molecule has 4 N–H and O–H groups in total. The van der Waals surface area contributed by atoms with Crippen LogP contribution in [0, 0.1) is 0 Å². The number of nitrogens with one attached hydrogen (secondary N) is 2. The van der Waals surface area contributed by atoms with Crippen molar-refractivity contribution in [2.75, 3.05) is 6.54 Å². The Kier molecular flexibility index (Phi) is 6.04. The van der Waals surface area contributed by atoms with Crippen LogP contribution in [-0.4, -0.2) is 26.5 Å². The fourth-order valence-electron chi connectivity index (χ4n) is 2.66. The van der Waals surface area contributed by atoms with Gasteiger partial charge in [0.05, 0.1) is 22.1 Å². The van der Waals surface area contributed by atoms with Gasteiger partial charge < -0.3 is 15.7 Å². The summed E-state index contributed by atoms with van der Waals surface area (Å²) in [6, 6.07) is 15.9. The predicted octanol–water partition coefficient (Wildman–Crippen LogP) is 4.45. The molecule has 6 heteroatoms. The molecule has 0 aliphatic rings. The zero-order valence-electron chi connectivity index (χ0n) is 14.0. The van der Waals surface area contributed by atoms with Gasteiger partial charge in [0.25, 0.3) is 0 Å². The lowest BCUT2D eigenvalue weighted by Gasteiger charge is -1.95. The molecule has 130 valence electrons. The molecular formula is C19H22ClN5. The summed E-state index contributed by atoms with van der Waals surface area (Å²) in [4.78, 5) is 14.8. The van der Waals surface area contributed by atoms with Gasteiger partial charge in [-0.3, -0.25) is 0 Å². The molecule has 0 fully saturated rings. The largest absolute Gasteiger partial charge is 0.342 e. The first-order valence-corrected chi connectivity index (χ1v) is 8.88. The van der Waals surface area contributed by atoms with Gasteiger partial charge >= 0.3 is 0 Å². The minimum atomic E-state index is 0.446. The van der Waals surface area contributed by atoms with E-state index in [2.05, 4.69) is 26.0 Å². The fraction of sp³-hybridized carbons (Fsp3) is 0.263. The molecule has 2 heterocycles. The van der Waals surface area contributed by atoms with E-state index < -0.39 is 0 Å². The number of aromatic nitrogens is 4. The van der Waals surface area contributed by atoms with Gasteiger partial charge in [-0.2, -0.15) is 0 Å². The van der Waals surface area contributed by atoms with Crippen LogP contribution in [0.1, 0.15) is 25.1 Å². The highest BCUT2D eigenvalue weighted by Crippen LogP contribution is 2.13. The van der Waals surface area contributed by atoms with Crippen molar-refractivity contribution in [2.45, 2.75) is 25.7 Å². The van der Waals surface area contributed by atoms with Crippen LogP contribution in [-0.2, 0) is 6.42 Å². The molecule has 0 aliphatic carbocycles. The predicted molar refractivity (Wildman–Crippen MR) is 104 cm³/mol. The lowest BCUT2D eigenvalue weighted by molar-refractivity contribution is 0.674. The van der Waals surface area contributed by atoms with E-state index in [4.69, 9.17) is 17.3 Å². The SMILES string of the molecule is Clc1nc2ccccc2[nH]1.NCCCCCc1nc2ccccc2[nH]1. The van der Waals surface area contributed by atoms with Crippen molar-refractivity contribution in [3.05, 3.63) is 59.6 Å². The average Bonchev–Trinajstić information content (AvgIpc) is 3.21. The zero-order valence-corrected chi connectivity index (χ0v) is 14.8. The molecule has 4 rings (SSSR count). The van der Waals surface area contributed by atoms with Crippen LogP contribution in [0.2, 0.25) is 5.28 Å². The molecule has 0 radical (unpaired) electrons. The quantitative estimate of drug-likeness (QED) is 0.462. The molecule has 5 nitrogen and oxygen atoms in total. The number of nitrogens with two attached hydrogens (primary N) is 1. The summed E-state index contributed by atoms with van der Waals surface area (Å²) in [6.45, 7) is 0.792. The Morgan fingerprint density at radius 2 is 1.44 bits per heavy atom.